The third-order valence-corrected chi connectivity index (χ3v) is 3.70. The van der Waals surface area contributed by atoms with E-state index in [0.717, 1.165) is 10.9 Å². The van der Waals surface area contributed by atoms with E-state index in [9.17, 15) is 9.90 Å². The van der Waals surface area contributed by atoms with Crippen molar-refractivity contribution in [2.24, 2.45) is 0 Å². The number of hydrogen-bond acceptors (Lipinski definition) is 4. The molecule has 2 aromatic carbocycles. The Hall–Kier alpha value is -3.01. The van der Waals surface area contributed by atoms with Crippen LogP contribution in [0.3, 0.4) is 0 Å². The number of carbonyl (C=O) groups is 1. The molecule has 0 aliphatic heterocycles. The molecule has 1 N–H and O–H groups in total. The summed E-state index contributed by atoms with van der Waals surface area (Å²) in [6.45, 7) is 1.87. The largest absolute Gasteiger partial charge is 0.504 e. The van der Waals surface area contributed by atoms with E-state index in [1.807, 2.05) is 31.2 Å². The van der Waals surface area contributed by atoms with Gasteiger partial charge in [0.05, 0.1) is 7.11 Å². The van der Waals surface area contributed by atoms with Gasteiger partial charge in [0.2, 0.25) is 5.78 Å². The molecule has 0 bridgehead atoms. The van der Waals surface area contributed by atoms with Gasteiger partial charge in [0.15, 0.2) is 17.3 Å². The molecule has 116 valence electrons. The smallest absolute Gasteiger partial charge is 0.221 e. The predicted molar refractivity (Wildman–Crippen MR) is 89.0 cm³/mol. The normalized spacial score (nSPS) is 11.2. The monoisotopic (exact) mass is 308 g/mol. The Labute approximate surface area is 133 Å². The number of aromatic hydroxyl groups is 1. The SMILES string of the molecule is COc1ccc(/C=C/C(=O)c2oc3ccccc3c2C)cc1O. The van der Waals surface area contributed by atoms with Gasteiger partial charge in [0, 0.05) is 10.9 Å². The van der Waals surface area contributed by atoms with Crippen LogP contribution in [0.2, 0.25) is 0 Å². The fraction of sp³-hybridized carbons (Fsp3) is 0.105. The highest BCUT2D eigenvalue weighted by molar-refractivity contribution is 6.08. The molecule has 4 nitrogen and oxygen atoms in total. The Morgan fingerprint density at radius 1 is 1.22 bits per heavy atom. The van der Waals surface area contributed by atoms with Crippen LogP contribution in [0.15, 0.2) is 53.0 Å². The average Bonchev–Trinajstić information content (AvgIpc) is 2.90. The van der Waals surface area contributed by atoms with Gasteiger partial charge in [-0.1, -0.05) is 30.3 Å². The molecule has 3 aromatic rings. The molecule has 0 amide bonds. The minimum absolute atomic E-state index is 0.0296. The molecule has 0 radical (unpaired) electrons. The van der Waals surface area contributed by atoms with Gasteiger partial charge >= 0.3 is 0 Å². The lowest BCUT2D eigenvalue weighted by Gasteiger charge is -2.03. The molecule has 0 aliphatic rings. The zero-order valence-corrected chi connectivity index (χ0v) is 12.9. The van der Waals surface area contributed by atoms with Crippen LogP contribution >= 0.6 is 0 Å². The van der Waals surface area contributed by atoms with E-state index in [4.69, 9.17) is 9.15 Å². The average molecular weight is 308 g/mol. The van der Waals surface area contributed by atoms with E-state index in [2.05, 4.69) is 0 Å². The van der Waals surface area contributed by atoms with Crippen molar-refractivity contribution < 1.29 is 19.1 Å². The van der Waals surface area contributed by atoms with Crippen LogP contribution in [0, 0.1) is 6.92 Å². The number of para-hydroxylation sites is 1. The molecule has 0 saturated carbocycles. The second kappa shape index (κ2) is 6.01. The maximum absolute atomic E-state index is 12.3. The third-order valence-electron chi connectivity index (χ3n) is 3.70. The Morgan fingerprint density at radius 3 is 2.70 bits per heavy atom. The Bertz CT molecular complexity index is 903. The zero-order chi connectivity index (χ0) is 16.4. The number of allylic oxidation sites excluding steroid dienone is 1. The fourth-order valence-corrected chi connectivity index (χ4v) is 2.47. The van der Waals surface area contributed by atoms with Crippen molar-refractivity contribution in [1.82, 2.24) is 0 Å². The number of furan rings is 1. The molecule has 23 heavy (non-hydrogen) atoms. The first kappa shape index (κ1) is 14.9. The lowest BCUT2D eigenvalue weighted by molar-refractivity contribution is 0.102. The number of hydrogen-bond donors (Lipinski definition) is 1. The Morgan fingerprint density at radius 2 is 2.00 bits per heavy atom. The Kier molecular flexibility index (Phi) is 3.89. The van der Waals surface area contributed by atoms with Gasteiger partial charge < -0.3 is 14.3 Å². The highest BCUT2D eigenvalue weighted by atomic mass is 16.5. The van der Waals surface area contributed by atoms with Gasteiger partial charge in [-0.25, -0.2) is 0 Å². The molecule has 0 aliphatic carbocycles. The molecule has 0 atom stereocenters. The number of ketones is 1. The summed E-state index contributed by atoms with van der Waals surface area (Å²) in [7, 11) is 1.48. The maximum Gasteiger partial charge on any atom is 0.221 e. The van der Waals surface area contributed by atoms with Crippen molar-refractivity contribution >= 4 is 22.8 Å². The molecule has 0 saturated heterocycles. The number of aryl methyl sites for hydroxylation is 1. The maximum atomic E-state index is 12.3. The molecule has 0 unspecified atom stereocenters. The molecule has 1 heterocycles. The number of phenols is 1. The van der Waals surface area contributed by atoms with Gasteiger partial charge in [0.1, 0.15) is 5.58 Å². The summed E-state index contributed by atoms with van der Waals surface area (Å²) in [5.74, 6) is 0.540. The number of fused-ring (bicyclic) bond motifs is 1. The quantitative estimate of drug-likeness (QED) is 0.575. The minimum atomic E-state index is -0.214. The van der Waals surface area contributed by atoms with Gasteiger partial charge in [-0.05, 0) is 36.8 Å². The molecule has 3 rings (SSSR count). The van der Waals surface area contributed by atoms with Gasteiger partial charge in [-0.3, -0.25) is 4.79 Å². The second-order valence-corrected chi connectivity index (χ2v) is 5.18. The van der Waals surface area contributed by atoms with Crippen LogP contribution in [-0.4, -0.2) is 18.0 Å². The summed E-state index contributed by atoms with van der Waals surface area (Å²) in [6.07, 6.45) is 3.07. The summed E-state index contributed by atoms with van der Waals surface area (Å²) in [6, 6.07) is 12.5. The van der Waals surface area contributed by atoms with Crippen molar-refractivity contribution in [3.05, 3.63) is 65.4 Å². The fourth-order valence-electron chi connectivity index (χ4n) is 2.47. The summed E-state index contributed by atoms with van der Waals surface area (Å²) >= 11 is 0. The number of ether oxygens (including phenoxy) is 1. The van der Waals surface area contributed by atoms with E-state index < -0.39 is 0 Å². The molecule has 0 fully saturated rings. The van der Waals surface area contributed by atoms with Crippen LogP contribution in [0.5, 0.6) is 11.5 Å². The van der Waals surface area contributed by atoms with Crippen LogP contribution in [0.25, 0.3) is 17.0 Å². The van der Waals surface area contributed by atoms with E-state index in [1.54, 1.807) is 18.2 Å². The van der Waals surface area contributed by atoms with Gasteiger partial charge in [-0.2, -0.15) is 0 Å². The van der Waals surface area contributed by atoms with Gasteiger partial charge in [-0.15, -0.1) is 0 Å². The van der Waals surface area contributed by atoms with Crippen LogP contribution < -0.4 is 4.74 Å². The Balaban J connectivity index is 1.88. The number of methoxy groups -OCH3 is 1. The minimum Gasteiger partial charge on any atom is -0.504 e. The second-order valence-electron chi connectivity index (χ2n) is 5.18. The summed E-state index contributed by atoms with van der Waals surface area (Å²) in [5.41, 5.74) is 2.22. The topological polar surface area (TPSA) is 59.7 Å². The molecular weight excluding hydrogens is 292 g/mol. The zero-order valence-electron chi connectivity index (χ0n) is 12.9. The molecule has 1 aromatic heterocycles. The van der Waals surface area contributed by atoms with Crippen LogP contribution in [-0.2, 0) is 0 Å². The number of benzene rings is 2. The van der Waals surface area contributed by atoms with Gasteiger partial charge in [0.25, 0.3) is 0 Å². The van der Waals surface area contributed by atoms with Crippen molar-refractivity contribution in [3.8, 4) is 11.5 Å². The van der Waals surface area contributed by atoms with E-state index in [-0.39, 0.29) is 11.5 Å². The van der Waals surface area contributed by atoms with Crippen molar-refractivity contribution in [1.29, 1.82) is 0 Å². The summed E-state index contributed by atoms with van der Waals surface area (Å²) in [5, 5.41) is 10.7. The van der Waals surface area contributed by atoms with E-state index in [0.29, 0.717) is 22.7 Å². The third kappa shape index (κ3) is 2.83. The molecule has 0 spiro atoms. The summed E-state index contributed by atoms with van der Waals surface area (Å²) in [4.78, 5) is 12.3. The van der Waals surface area contributed by atoms with E-state index in [1.165, 1.54) is 19.3 Å². The summed E-state index contributed by atoms with van der Waals surface area (Å²) < 4.78 is 10.6. The number of phenolic OH excluding ortho intramolecular Hbond substituents is 1. The molecular formula is C19H16O4. The first-order valence-corrected chi connectivity index (χ1v) is 7.17. The first-order valence-electron chi connectivity index (χ1n) is 7.17. The van der Waals surface area contributed by atoms with Crippen LogP contribution in [0.4, 0.5) is 0 Å². The van der Waals surface area contributed by atoms with Crippen molar-refractivity contribution in [2.45, 2.75) is 6.92 Å². The predicted octanol–water partition coefficient (Wildman–Crippen LogP) is 4.35. The lowest BCUT2D eigenvalue weighted by Crippen LogP contribution is -1.94. The highest BCUT2D eigenvalue weighted by Gasteiger charge is 2.15. The van der Waals surface area contributed by atoms with Crippen molar-refractivity contribution in [3.63, 3.8) is 0 Å². The standard InChI is InChI=1S/C19H16O4/c1-12-14-5-3-4-6-17(14)23-19(12)15(20)9-7-13-8-10-18(22-2)16(21)11-13/h3-11,21H,1-2H3/b9-7+. The van der Waals surface area contributed by atoms with Crippen LogP contribution in [0.1, 0.15) is 21.7 Å². The number of rotatable bonds is 4. The number of carbonyl (C=O) groups excluding carboxylic acids is 1. The molecule has 4 heteroatoms. The highest BCUT2D eigenvalue weighted by Crippen LogP contribution is 2.28. The van der Waals surface area contributed by atoms with Crippen molar-refractivity contribution in [2.75, 3.05) is 7.11 Å². The van der Waals surface area contributed by atoms with E-state index >= 15 is 0 Å². The lowest BCUT2D eigenvalue weighted by atomic mass is 10.1. The first-order chi connectivity index (χ1) is 11.1.